The molecule has 2 aromatic rings. The zero-order valence-corrected chi connectivity index (χ0v) is 13.0. The molecule has 0 unspecified atom stereocenters. The minimum atomic E-state index is -4.85. The quantitative estimate of drug-likeness (QED) is 0.832. The Bertz CT molecular complexity index is 918. The first kappa shape index (κ1) is 17.4. The third-order valence-corrected chi connectivity index (χ3v) is 3.62. The number of hydrogen-bond acceptors (Lipinski definition) is 3. The van der Waals surface area contributed by atoms with Crippen molar-refractivity contribution < 1.29 is 18.0 Å². The van der Waals surface area contributed by atoms with Crippen LogP contribution in [-0.4, -0.2) is 14.2 Å². The molecular weight excluding hydrogens is 357 g/mol. The van der Waals surface area contributed by atoms with Crippen LogP contribution in [0.25, 0.3) is 5.69 Å². The molecule has 0 N–H and O–H groups in total. The largest absolute Gasteiger partial charge is 0.431 e. The summed E-state index contributed by atoms with van der Waals surface area (Å²) in [5, 5.41) is -0.681. The highest BCUT2D eigenvalue weighted by Gasteiger charge is 2.35. The number of aromatic nitrogens is 2. The second-order valence-electron chi connectivity index (χ2n) is 4.51. The number of benzene rings is 1. The third-order valence-electron chi connectivity index (χ3n) is 3.05. The highest BCUT2D eigenvalue weighted by atomic mass is 35.5. The maximum atomic E-state index is 12.8. The predicted molar refractivity (Wildman–Crippen MR) is 80.6 cm³/mol. The molecule has 0 fully saturated rings. The van der Waals surface area contributed by atoms with Crippen LogP contribution >= 0.6 is 24.2 Å². The number of carbonyl (C=O) groups is 1. The molecule has 0 bridgehead atoms. The maximum Gasteiger partial charge on any atom is 0.431 e. The summed E-state index contributed by atoms with van der Waals surface area (Å²) >= 11 is 9.39. The van der Waals surface area contributed by atoms with E-state index < -0.39 is 28.2 Å². The van der Waals surface area contributed by atoms with Crippen molar-refractivity contribution in [3.63, 3.8) is 0 Å². The van der Waals surface area contributed by atoms with Gasteiger partial charge in [0.2, 0.25) is 5.12 Å². The Morgan fingerprint density at radius 1 is 1.22 bits per heavy atom. The summed E-state index contributed by atoms with van der Waals surface area (Å²) in [4.78, 5) is 35.4. The van der Waals surface area contributed by atoms with Gasteiger partial charge in [-0.3, -0.25) is 14.2 Å². The lowest BCUT2D eigenvalue weighted by Gasteiger charge is -2.14. The molecule has 0 aliphatic carbocycles. The Labute approximate surface area is 137 Å². The van der Waals surface area contributed by atoms with Gasteiger partial charge in [0, 0.05) is 18.7 Å². The van der Waals surface area contributed by atoms with Crippen LogP contribution in [0.2, 0.25) is 5.02 Å². The van der Waals surface area contributed by atoms with Crippen LogP contribution in [-0.2, 0) is 13.2 Å². The molecule has 0 aliphatic rings. The van der Waals surface area contributed by atoms with Gasteiger partial charge in [-0.1, -0.05) is 11.6 Å². The molecule has 0 saturated carbocycles. The van der Waals surface area contributed by atoms with Gasteiger partial charge in [-0.05, 0) is 18.2 Å². The Morgan fingerprint density at radius 3 is 2.35 bits per heavy atom. The second-order valence-corrected chi connectivity index (χ2v) is 5.33. The number of halogens is 4. The van der Waals surface area contributed by atoms with Crippen molar-refractivity contribution >= 4 is 29.3 Å². The van der Waals surface area contributed by atoms with Crippen molar-refractivity contribution in [2.45, 2.75) is 6.18 Å². The number of hydrogen-bond donors (Lipinski definition) is 1. The van der Waals surface area contributed by atoms with E-state index in [0.717, 1.165) is 13.1 Å². The lowest BCUT2D eigenvalue weighted by atomic mass is 10.2. The summed E-state index contributed by atoms with van der Waals surface area (Å²) in [5.74, 6) is 0. The molecule has 10 heteroatoms. The standard InChI is InChI=1S/C13H8ClF3N2O3S/c1-18-9(13(15,16)17)5-10(20)19(12(18)22)6-2-3-8(14)7(4-6)11(21)23/h2-5H,1H3,(H,21,23). The Balaban J connectivity index is 2.79. The summed E-state index contributed by atoms with van der Waals surface area (Å²) in [6, 6.07) is 3.88. The summed E-state index contributed by atoms with van der Waals surface area (Å²) in [6.07, 6.45) is -4.85. The van der Waals surface area contributed by atoms with Gasteiger partial charge in [0.1, 0.15) is 5.69 Å². The molecule has 1 aromatic carbocycles. The Morgan fingerprint density at radius 2 is 1.83 bits per heavy atom. The Kier molecular flexibility index (Phi) is 4.45. The molecule has 1 heterocycles. The van der Waals surface area contributed by atoms with Gasteiger partial charge >= 0.3 is 11.9 Å². The molecule has 0 spiro atoms. The van der Waals surface area contributed by atoms with E-state index in [-0.39, 0.29) is 16.3 Å². The molecule has 0 saturated heterocycles. The smallest absolute Gasteiger partial charge is 0.292 e. The first-order valence-corrected chi connectivity index (χ1v) is 6.80. The summed E-state index contributed by atoms with van der Waals surface area (Å²) in [6.45, 7) is 0. The van der Waals surface area contributed by atoms with E-state index in [4.69, 9.17) is 11.6 Å². The van der Waals surface area contributed by atoms with Gasteiger partial charge in [0.15, 0.2) is 0 Å². The van der Waals surface area contributed by atoms with Crippen molar-refractivity contribution in [2.75, 3.05) is 0 Å². The van der Waals surface area contributed by atoms with Gasteiger partial charge in [0.25, 0.3) is 5.56 Å². The van der Waals surface area contributed by atoms with E-state index in [2.05, 4.69) is 12.6 Å². The zero-order valence-electron chi connectivity index (χ0n) is 11.4. The van der Waals surface area contributed by atoms with E-state index in [1.165, 1.54) is 12.1 Å². The highest BCUT2D eigenvalue weighted by Crippen LogP contribution is 2.27. The average Bonchev–Trinajstić information content (AvgIpc) is 2.43. The molecule has 5 nitrogen and oxygen atoms in total. The van der Waals surface area contributed by atoms with Gasteiger partial charge < -0.3 is 0 Å². The molecule has 2 rings (SSSR count). The summed E-state index contributed by atoms with van der Waals surface area (Å²) in [7, 11) is 0.891. The molecule has 122 valence electrons. The molecular formula is C13H8ClF3N2O3S. The van der Waals surface area contributed by atoms with E-state index in [9.17, 15) is 27.6 Å². The maximum absolute atomic E-state index is 12.8. The number of thiol groups is 1. The molecule has 0 atom stereocenters. The van der Waals surface area contributed by atoms with Crippen molar-refractivity contribution in [1.29, 1.82) is 0 Å². The van der Waals surface area contributed by atoms with Gasteiger partial charge in [-0.2, -0.15) is 13.2 Å². The van der Waals surface area contributed by atoms with Gasteiger partial charge in [0.05, 0.1) is 10.7 Å². The van der Waals surface area contributed by atoms with Crippen LogP contribution < -0.4 is 11.2 Å². The topological polar surface area (TPSA) is 61.1 Å². The fourth-order valence-corrected chi connectivity index (χ4v) is 2.41. The number of alkyl halides is 3. The van der Waals surface area contributed by atoms with E-state index in [0.29, 0.717) is 15.2 Å². The normalized spacial score (nSPS) is 11.6. The predicted octanol–water partition coefficient (Wildman–Crippen LogP) is 2.28. The first-order valence-electron chi connectivity index (χ1n) is 5.97. The second kappa shape index (κ2) is 5.89. The SMILES string of the molecule is Cn1c(C(F)(F)F)cc(=O)n(-c2ccc(Cl)c(C(=O)S)c2)c1=O. The third kappa shape index (κ3) is 3.20. The van der Waals surface area contributed by atoms with Crippen molar-refractivity contribution in [2.24, 2.45) is 7.05 Å². The molecule has 0 amide bonds. The number of carbonyl (C=O) groups excluding carboxylic acids is 1. The minimum absolute atomic E-state index is 0.0329. The van der Waals surface area contributed by atoms with Gasteiger partial charge in [-0.25, -0.2) is 9.36 Å². The zero-order chi connectivity index (χ0) is 17.5. The van der Waals surface area contributed by atoms with Crippen LogP contribution in [0, 0.1) is 0 Å². The molecule has 0 aliphatic heterocycles. The fourth-order valence-electron chi connectivity index (χ4n) is 1.95. The lowest BCUT2D eigenvalue weighted by molar-refractivity contribution is -0.144. The average molecular weight is 365 g/mol. The Hall–Kier alpha value is -2.00. The summed E-state index contributed by atoms with van der Waals surface area (Å²) in [5.41, 5.74) is -3.93. The van der Waals surface area contributed by atoms with Crippen molar-refractivity contribution in [3.8, 4) is 5.69 Å². The molecule has 1 aromatic heterocycles. The number of rotatable bonds is 2. The van der Waals surface area contributed by atoms with Crippen LogP contribution in [0.5, 0.6) is 0 Å². The molecule has 23 heavy (non-hydrogen) atoms. The minimum Gasteiger partial charge on any atom is -0.292 e. The lowest BCUT2D eigenvalue weighted by Crippen LogP contribution is -2.40. The van der Waals surface area contributed by atoms with Crippen LogP contribution in [0.15, 0.2) is 33.9 Å². The monoisotopic (exact) mass is 364 g/mol. The van der Waals surface area contributed by atoms with Crippen molar-refractivity contribution in [1.82, 2.24) is 9.13 Å². The molecule has 0 radical (unpaired) electrons. The fraction of sp³-hybridized carbons (Fsp3) is 0.154. The highest BCUT2D eigenvalue weighted by molar-refractivity contribution is 7.97. The number of nitrogens with zero attached hydrogens (tertiary/aromatic N) is 2. The van der Waals surface area contributed by atoms with E-state index >= 15 is 0 Å². The van der Waals surface area contributed by atoms with Crippen LogP contribution in [0.3, 0.4) is 0 Å². The van der Waals surface area contributed by atoms with Gasteiger partial charge in [-0.15, -0.1) is 12.6 Å². The van der Waals surface area contributed by atoms with Crippen LogP contribution in [0.1, 0.15) is 16.1 Å². The first-order chi connectivity index (χ1) is 10.5. The van der Waals surface area contributed by atoms with E-state index in [1.54, 1.807) is 0 Å². The summed E-state index contributed by atoms with van der Waals surface area (Å²) < 4.78 is 39.2. The van der Waals surface area contributed by atoms with E-state index in [1.807, 2.05) is 0 Å². The van der Waals surface area contributed by atoms with Crippen LogP contribution in [0.4, 0.5) is 13.2 Å². The van der Waals surface area contributed by atoms with Crippen molar-refractivity contribution in [3.05, 3.63) is 61.4 Å².